The molecule has 1 rings (SSSR count). The molecule has 0 atom stereocenters. The Morgan fingerprint density at radius 3 is 2.62 bits per heavy atom. The van der Waals surface area contributed by atoms with Crippen LogP contribution in [0.5, 0.6) is 0 Å². The summed E-state index contributed by atoms with van der Waals surface area (Å²) in [4.78, 5) is 2.31. The molecular weight excluding hydrogens is 264 g/mol. The molecule has 1 aromatic carbocycles. The van der Waals surface area contributed by atoms with Gasteiger partial charge in [-0.2, -0.15) is 0 Å². The highest BCUT2D eigenvalue weighted by Crippen LogP contribution is 2.22. The van der Waals surface area contributed by atoms with E-state index in [9.17, 15) is 0 Å². The Labute approximate surface area is 112 Å². The Balaban J connectivity index is 2.65. The summed E-state index contributed by atoms with van der Waals surface area (Å²) in [7, 11) is 0. The van der Waals surface area contributed by atoms with Gasteiger partial charge in [0.05, 0.1) is 0 Å². The Morgan fingerprint density at radius 2 is 2.00 bits per heavy atom. The minimum Gasteiger partial charge on any atom is -0.299 e. The Kier molecular flexibility index (Phi) is 6.52. The standard InChI is InChI=1S/C12H16Cl3N/c1-2-16(7-3-6-13)9-10-8-11(14)4-5-12(10)15/h4-5,8H,2-3,6-7,9H2,1H3. The summed E-state index contributed by atoms with van der Waals surface area (Å²) in [5.74, 6) is 0.694. The van der Waals surface area contributed by atoms with Crippen molar-refractivity contribution in [3.63, 3.8) is 0 Å². The first-order valence-electron chi connectivity index (χ1n) is 5.39. The van der Waals surface area contributed by atoms with E-state index in [-0.39, 0.29) is 0 Å². The molecule has 0 amide bonds. The van der Waals surface area contributed by atoms with Crippen LogP contribution in [0.1, 0.15) is 18.9 Å². The Hall–Kier alpha value is 0.0500. The highest BCUT2D eigenvalue weighted by Gasteiger charge is 2.07. The van der Waals surface area contributed by atoms with Crippen LogP contribution in [0.25, 0.3) is 0 Å². The Bertz CT molecular complexity index is 328. The van der Waals surface area contributed by atoms with E-state index in [2.05, 4.69) is 11.8 Å². The van der Waals surface area contributed by atoms with Gasteiger partial charge in [-0.15, -0.1) is 11.6 Å². The van der Waals surface area contributed by atoms with Crippen molar-refractivity contribution in [3.8, 4) is 0 Å². The zero-order valence-electron chi connectivity index (χ0n) is 9.35. The van der Waals surface area contributed by atoms with Crippen LogP contribution in [0, 0.1) is 0 Å². The molecule has 16 heavy (non-hydrogen) atoms. The Morgan fingerprint density at radius 1 is 1.25 bits per heavy atom. The first-order chi connectivity index (χ1) is 7.67. The largest absolute Gasteiger partial charge is 0.299 e. The lowest BCUT2D eigenvalue weighted by Crippen LogP contribution is -2.24. The lowest BCUT2D eigenvalue weighted by Gasteiger charge is -2.20. The first kappa shape index (κ1) is 14.1. The minimum absolute atomic E-state index is 0.694. The van der Waals surface area contributed by atoms with E-state index in [4.69, 9.17) is 34.8 Å². The van der Waals surface area contributed by atoms with Crippen LogP contribution in [0.4, 0.5) is 0 Å². The molecule has 1 nitrogen and oxygen atoms in total. The molecule has 0 spiro atoms. The summed E-state index contributed by atoms with van der Waals surface area (Å²) in [5, 5.41) is 1.50. The van der Waals surface area contributed by atoms with Crippen molar-refractivity contribution in [2.24, 2.45) is 0 Å². The van der Waals surface area contributed by atoms with Crippen LogP contribution in [-0.4, -0.2) is 23.9 Å². The third kappa shape index (κ3) is 4.50. The highest BCUT2D eigenvalue weighted by atomic mass is 35.5. The number of hydrogen-bond acceptors (Lipinski definition) is 1. The predicted molar refractivity (Wildman–Crippen MR) is 72.8 cm³/mol. The molecule has 0 fully saturated rings. The smallest absolute Gasteiger partial charge is 0.0452 e. The SMILES string of the molecule is CCN(CCCCl)Cc1cc(Cl)ccc1Cl. The van der Waals surface area contributed by atoms with Crippen molar-refractivity contribution in [1.82, 2.24) is 4.90 Å². The second-order valence-corrected chi connectivity index (χ2v) is 4.87. The van der Waals surface area contributed by atoms with Gasteiger partial charge >= 0.3 is 0 Å². The van der Waals surface area contributed by atoms with E-state index in [1.165, 1.54) is 0 Å². The van der Waals surface area contributed by atoms with Gasteiger partial charge in [-0.25, -0.2) is 0 Å². The van der Waals surface area contributed by atoms with E-state index in [0.29, 0.717) is 5.88 Å². The number of rotatable bonds is 6. The topological polar surface area (TPSA) is 3.24 Å². The molecule has 1 aromatic rings. The van der Waals surface area contributed by atoms with Gasteiger partial charge < -0.3 is 0 Å². The average Bonchev–Trinajstić information content (AvgIpc) is 2.28. The summed E-state index contributed by atoms with van der Waals surface area (Å²) in [6.07, 6.45) is 0.994. The van der Waals surface area contributed by atoms with Crippen LogP contribution in [0.3, 0.4) is 0 Å². The number of hydrogen-bond donors (Lipinski definition) is 0. The summed E-state index contributed by atoms with van der Waals surface area (Å²) in [5.41, 5.74) is 1.07. The van der Waals surface area contributed by atoms with E-state index in [1.807, 2.05) is 18.2 Å². The second-order valence-electron chi connectivity index (χ2n) is 3.65. The fourth-order valence-electron chi connectivity index (χ4n) is 1.54. The molecule has 0 bridgehead atoms. The summed E-state index contributed by atoms with van der Waals surface area (Å²) in [6, 6.07) is 5.57. The molecule has 0 aliphatic heterocycles. The third-order valence-corrected chi connectivity index (χ3v) is 3.33. The van der Waals surface area contributed by atoms with Gasteiger partial charge in [-0.3, -0.25) is 4.90 Å². The summed E-state index contributed by atoms with van der Waals surface area (Å²) >= 11 is 17.8. The molecule has 0 heterocycles. The quantitative estimate of drug-likeness (QED) is 0.696. The lowest BCUT2D eigenvalue weighted by atomic mass is 10.2. The molecule has 4 heteroatoms. The van der Waals surface area contributed by atoms with Crippen molar-refractivity contribution in [1.29, 1.82) is 0 Å². The van der Waals surface area contributed by atoms with Gasteiger partial charge in [-0.05, 0) is 43.3 Å². The van der Waals surface area contributed by atoms with E-state index in [0.717, 1.165) is 41.7 Å². The van der Waals surface area contributed by atoms with Crippen LogP contribution >= 0.6 is 34.8 Å². The maximum atomic E-state index is 6.12. The molecule has 90 valence electrons. The van der Waals surface area contributed by atoms with Crippen LogP contribution in [-0.2, 0) is 6.54 Å². The zero-order chi connectivity index (χ0) is 12.0. The maximum Gasteiger partial charge on any atom is 0.0452 e. The summed E-state index contributed by atoms with van der Waals surface area (Å²) < 4.78 is 0. The molecule has 0 aliphatic carbocycles. The molecule has 0 N–H and O–H groups in total. The maximum absolute atomic E-state index is 6.12. The summed E-state index contributed by atoms with van der Waals surface area (Å²) in [6.45, 7) is 4.93. The van der Waals surface area contributed by atoms with Crippen molar-refractivity contribution < 1.29 is 0 Å². The van der Waals surface area contributed by atoms with E-state index in [1.54, 1.807) is 0 Å². The van der Waals surface area contributed by atoms with Crippen molar-refractivity contribution in [3.05, 3.63) is 33.8 Å². The third-order valence-electron chi connectivity index (χ3n) is 2.46. The molecule has 0 radical (unpaired) electrons. The van der Waals surface area contributed by atoms with Crippen LogP contribution in [0.2, 0.25) is 10.0 Å². The molecule has 0 saturated heterocycles. The van der Waals surface area contributed by atoms with E-state index >= 15 is 0 Å². The monoisotopic (exact) mass is 279 g/mol. The number of benzene rings is 1. The van der Waals surface area contributed by atoms with Gasteiger partial charge in [0.25, 0.3) is 0 Å². The van der Waals surface area contributed by atoms with E-state index < -0.39 is 0 Å². The number of nitrogens with zero attached hydrogens (tertiary/aromatic N) is 1. The molecule has 0 unspecified atom stereocenters. The first-order valence-corrected chi connectivity index (χ1v) is 6.68. The van der Waals surface area contributed by atoms with Gasteiger partial charge in [0.1, 0.15) is 0 Å². The lowest BCUT2D eigenvalue weighted by molar-refractivity contribution is 0.281. The van der Waals surface area contributed by atoms with Crippen molar-refractivity contribution in [2.75, 3.05) is 19.0 Å². The zero-order valence-corrected chi connectivity index (χ0v) is 11.6. The van der Waals surface area contributed by atoms with Gasteiger partial charge in [0, 0.05) is 22.5 Å². The minimum atomic E-state index is 0.694. The van der Waals surface area contributed by atoms with Crippen molar-refractivity contribution >= 4 is 34.8 Å². The normalized spacial score (nSPS) is 11.1. The molecule has 0 saturated carbocycles. The predicted octanol–water partition coefficient (Wildman–Crippen LogP) is 4.44. The highest BCUT2D eigenvalue weighted by molar-refractivity contribution is 6.33. The van der Waals surface area contributed by atoms with Gasteiger partial charge in [-0.1, -0.05) is 30.1 Å². The molecule has 0 aromatic heterocycles. The van der Waals surface area contributed by atoms with Crippen LogP contribution < -0.4 is 0 Å². The molecule has 0 aliphatic rings. The van der Waals surface area contributed by atoms with Crippen LogP contribution in [0.15, 0.2) is 18.2 Å². The number of halogens is 3. The van der Waals surface area contributed by atoms with Gasteiger partial charge in [0.15, 0.2) is 0 Å². The fourth-order valence-corrected chi connectivity index (χ4v) is 2.03. The van der Waals surface area contributed by atoms with Gasteiger partial charge in [0.2, 0.25) is 0 Å². The number of alkyl halides is 1. The van der Waals surface area contributed by atoms with Crippen molar-refractivity contribution in [2.45, 2.75) is 19.9 Å². The average molecular weight is 281 g/mol. The second kappa shape index (κ2) is 7.39. The fraction of sp³-hybridized carbons (Fsp3) is 0.500. The molecular formula is C12H16Cl3N.